The second-order valence-corrected chi connectivity index (χ2v) is 4.19. The number of rotatable bonds is 8. The zero-order valence-corrected chi connectivity index (χ0v) is 11.7. The summed E-state index contributed by atoms with van der Waals surface area (Å²) >= 11 is 0. The third kappa shape index (κ3) is 5.67. The van der Waals surface area contributed by atoms with Crippen LogP contribution in [0.25, 0.3) is 6.08 Å². The van der Waals surface area contributed by atoms with Crippen LogP contribution in [-0.4, -0.2) is 43.4 Å². The van der Waals surface area contributed by atoms with Crippen LogP contribution in [-0.2, 0) is 4.74 Å². The van der Waals surface area contributed by atoms with Gasteiger partial charge in [-0.1, -0.05) is 12.2 Å². The van der Waals surface area contributed by atoms with Crippen molar-refractivity contribution in [3.05, 3.63) is 17.8 Å². The van der Waals surface area contributed by atoms with Crippen molar-refractivity contribution in [2.24, 2.45) is 5.73 Å². The van der Waals surface area contributed by atoms with Gasteiger partial charge in [0, 0.05) is 25.9 Å². The molecule has 1 heterocycles. The molecule has 1 atom stereocenters. The van der Waals surface area contributed by atoms with Crippen LogP contribution in [0.5, 0.6) is 5.88 Å². The second-order valence-electron chi connectivity index (χ2n) is 4.19. The fourth-order valence-corrected chi connectivity index (χ4v) is 1.41. The summed E-state index contributed by atoms with van der Waals surface area (Å²) in [6.07, 6.45) is 6.43. The van der Waals surface area contributed by atoms with Crippen molar-refractivity contribution < 1.29 is 9.47 Å². The van der Waals surface area contributed by atoms with Crippen LogP contribution in [0.3, 0.4) is 0 Å². The molecule has 0 unspecified atom stereocenters. The monoisotopic (exact) mass is 266 g/mol. The lowest BCUT2D eigenvalue weighted by atomic mass is 10.2. The average Bonchev–Trinajstić information content (AvgIpc) is 2.40. The summed E-state index contributed by atoms with van der Waals surface area (Å²) in [7, 11) is 3.24. The second kappa shape index (κ2) is 8.44. The molecule has 0 aliphatic rings. The Balaban J connectivity index is 2.70. The van der Waals surface area contributed by atoms with Gasteiger partial charge >= 0.3 is 0 Å². The first kappa shape index (κ1) is 15.4. The Bertz CT molecular complexity index is 408. The molecule has 0 fully saturated rings. The molecule has 1 aromatic heterocycles. The standard InChI is InChI=1S/C13H22N4O2/c1-10(14)5-4-6-11-9-16-13(15-7-8-18-2)17-12(11)19-3/h4,6,9-10H,5,7-8,14H2,1-3H3,(H,15,16,17)/b6-4+/t10-/m0/s1. The number of ether oxygens (including phenoxy) is 2. The Hall–Kier alpha value is -1.66. The number of aromatic nitrogens is 2. The highest BCUT2D eigenvalue weighted by molar-refractivity contribution is 5.55. The quantitative estimate of drug-likeness (QED) is 0.690. The van der Waals surface area contributed by atoms with Crippen molar-refractivity contribution in [1.82, 2.24) is 9.97 Å². The van der Waals surface area contributed by atoms with Crippen molar-refractivity contribution in [2.75, 3.05) is 32.7 Å². The molecule has 6 nitrogen and oxygen atoms in total. The topological polar surface area (TPSA) is 82.3 Å². The minimum Gasteiger partial charge on any atom is -0.480 e. The Kier molecular flexibility index (Phi) is 6.84. The van der Waals surface area contributed by atoms with E-state index in [4.69, 9.17) is 15.2 Å². The fraction of sp³-hybridized carbons (Fsp3) is 0.538. The van der Waals surface area contributed by atoms with E-state index in [1.54, 1.807) is 20.4 Å². The van der Waals surface area contributed by atoms with E-state index in [-0.39, 0.29) is 6.04 Å². The molecule has 0 spiro atoms. The van der Waals surface area contributed by atoms with Gasteiger partial charge in [0.05, 0.1) is 19.3 Å². The highest BCUT2D eigenvalue weighted by Gasteiger charge is 2.04. The van der Waals surface area contributed by atoms with Gasteiger partial charge in [-0.3, -0.25) is 0 Å². The number of nitrogens with two attached hydrogens (primary N) is 1. The van der Waals surface area contributed by atoms with E-state index in [0.717, 1.165) is 12.0 Å². The summed E-state index contributed by atoms with van der Waals surface area (Å²) in [5.41, 5.74) is 6.52. The summed E-state index contributed by atoms with van der Waals surface area (Å²) < 4.78 is 10.2. The van der Waals surface area contributed by atoms with Crippen molar-refractivity contribution in [1.29, 1.82) is 0 Å². The Morgan fingerprint density at radius 1 is 1.47 bits per heavy atom. The zero-order chi connectivity index (χ0) is 14.1. The highest BCUT2D eigenvalue weighted by atomic mass is 16.5. The van der Waals surface area contributed by atoms with Crippen molar-refractivity contribution >= 4 is 12.0 Å². The summed E-state index contributed by atoms with van der Waals surface area (Å²) in [5, 5.41) is 3.05. The molecule has 3 N–H and O–H groups in total. The molecule has 0 aliphatic heterocycles. The van der Waals surface area contributed by atoms with Gasteiger partial charge in [0.2, 0.25) is 11.8 Å². The molecule has 1 aromatic rings. The predicted molar refractivity (Wildman–Crippen MR) is 76.3 cm³/mol. The Morgan fingerprint density at radius 3 is 2.89 bits per heavy atom. The fourth-order valence-electron chi connectivity index (χ4n) is 1.41. The number of anilines is 1. The van der Waals surface area contributed by atoms with Crippen molar-refractivity contribution in [3.63, 3.8) is 0 Å². The lowest BCUT2D eigenvalue weighted by Gasteiger charge is -2.08. The maximum atomic E-state index is 5.68. The first-order valence-corrected chi connectivity index (χ1v) is 6.23. The van der Waals surface area contributed by atoms with Gasteiger partial charge in [0.15, 0.2) is 0 Å². The van der Waals surface area contributed by atoms with E-state index in [9.17, 15) is 0 Å². The van der Waals surface area contributed by atoms with E-state index >= 15 is 0 Å². The summed E-state index contributed by atoms with van der Waals surface area (Å²) in [6, 6.07) is 0.137. The van der Waals surface area contributed by atoms with Gasteiger partial charge in [-0.25, -0.2) is 4.98 Å². The molecule has 1 rings (SSSR count). The van der Waals surface area contributed by atoms with E-state index in [1.807, 2.05) is 19.1 Å². The first-order chi connectivity index (χ1) is 9.17. The SMILES string of the molecule is COCCNc1ncc(/C=C/C[C@H](C)N)c(OC)n1. The summed E-state index contributed by atoms with van der Waals surface area (Å²) in [5.74, 6) is 1.06. The van der Waals surface area contributed by atoms with Crippen LogP contribution in [0.15, 0.2) is 12.3 Å². The average molecular weight is 266 g/mol. The zero-order valence-electron chi connectivity index (χ0n) is 11.7. The molecule has 0 aliphatic carbocycles. The summed E-state index contributed by atoms with van der Waals surface area (Å²) in [4.78, 5) is 8.49. The largest absolute Gasteiger partial charge is 0.480 e. The molecule has 19 heavy (non-hydrogen) atoms. The molecular weight excluding hydrogens is 244 g/mol. The number of methoxy groups -OCH3 is 2. The van der Waals surface area contributed by atoms with Gasteiger partial charge in [-0.2, -0.15) is 4.98 Å². The molecule has 0 aromatic carbocycles. The Morgan fingerprint density at radius 2 is 2.26 bits per heavy atom. The first-order valence-electron chi connectivity index (χ1n) is 6.23. The lowest BCUT2D eigenvalue weighted by Crippen LogP contribution is -2.12. The number of hydrogen-bond acceptors (Lipinski definition) is 6. The molecule has 0 saturated carbocycles. The maximum Gasteiger partial charge on any atom is 0.226 e. The Labute approximate surface area is 114 Å². The van der Waals surface area contributed by atoms with Gasteiger partial charge in [-0.15, -0.1) is 0 Å². The maximum absolute atomic E-state index is 5.68. The number of hydrogen-bond donors (Lipinski definition) is 2. The molecule has 0 saturated heterocycles. The van der Waals surface area contributed by atoms with Gasteiger partial charge < -0.3 is 20.5 Å². The van der Waals surface area contributed by atoms with Crippen LogP contribution in [0, 0.1) is 0 Å². The predicted octanol–water partition coefficient (Wildman–Crippen LogP) is 1.29. The van der Waals surface area contributed by atoms with Crippen LogP contribution in [0.1, 0.15) is 18.9 Å². The van der Waals surface area contributed by atoms with Crippen molar-refractivity contribution in [2.45, 2.75) is 19.4 Å². The number of nitrogens with one attached hydrogen (secondary N) is 1. The third-order valence-electron chi connectivity index (χ3n) is 2.37. The van der Waals surface area contributed by atoms with Gasteiger partial charge in [0.1, 0.15) is 0 Å². The van der Waals surface area contributed by atoms with E-state index in [0.29, 0.717) is 25.0 Å². The van der Waals surface area contributed by atoms with E-state index in [1.165, 1.54) is 0 Å². The van der Waals surface area contributed by atoms with Crippen LogP contribution < -0.4 is 15.8 Å². The van der Waals surface area contributed by atoms with E-state index in [2.05, 4.69) is 15.3 Å². The summed E-state index contributed by atoms with van der Waals surface area (Å²) in [6.45, 7) is 3.21. The minimum absolute atomic E-state index is 0.137. The molecule has 0 amide bonds. The molecular formula is C13H22N4O2. The normalized spacial score (nSPS) is 12.6. The lowest BCUT2D eigenvalue weighted by molar-refractivity contribution is 0.210. The smallest absolute Gasteiger partial charge is 0.226 e. The van der Waals surface area contributed by atoms with Crippen LogP contribution in [0.2, 0.25) is 0 Å². The molecule has 106 valence electrons. The van der Waals surface area contributed by atoms with Gasteiger partial charge in [-0.05, 0) is 13.3 Å². The molecule has 0 radical (unpaired) electrons. The van der Waals surface area contributed by atoms with Crippen LogP contribution >= 0.6 is 0 Å². The molecule has 6 heteroatoms. The number of nitrogens with zero attached hydrogens (tertiary/aromatic N) is 2. The van der Waals surface area contributed by atoms with Crippen molar-refractivity contribution in [3.8, 4) is 5.88 Å². The molecule has 0 bridgehead atoms. The highest BCUT2D eigenvalue weighted by Crippen LogP contribution is 2.17. The van der Waals surface area contributed by atoms with Crippen LogP contribution in [0.4, 0.5) is 5.95 Å². The minimum atomic E-state index is 0.137. The third-order valence-corrected chi connectivity index (χ3v) is 2.37. The van der Waals surface area contributed by atoms with Gasteiger partial charge in [0.25, 0.3) is 0 Å². The van der Waals surface area contributed by atoms with E-state index < -0.39 is 0 Å².